The molecule has 25 heavy (non-hydrogen) atoms. The standard InChI is InChI=1S/C18H16FN3O3/c1-2-15(16(23)20-12-9-7-11(19)8-10-12)22-17(24)13-5-3-4-6-14(13)21-18(22)25/h3-10,15H,2H2,1H3,(H,20,23)(H,21,25)/t15-/m0/s1. The molecule has 0 radical (unpaired) electrons. The van der Waals surface area contributed by atoms with E-state index in [0.717, 1.165) is 4.57 Å². The summed E-state index contributed by atoms with van der Waals surface area (Å²) in [5, 5.41) is 2.93. The van der Waals surface area contributed by atoms with Crippen molar-refractivity contribution in [2.45, 2.75) is 19.4 Å². The number of nitrogens with zero attached hydrogens (tertiary/aromatic N) is 1. The van der Waals surface area contributed by atoms with Gasteiger partial charge >= 0.3 is 5.69 Å². The number of hydrogen-bond donors (Lipinski definition) is 2. The number of carbonyl (C=O) groups excluding carboxylic acids is 1. The Morgan fingerprint density at radius 1 is 1.16 bits per heavy atom. The Labute approximate surface area is 141 Å². The number of rotatable bonds is 4. The Morgan fingerprint density at radius 2 is 1.84 bits per heavy atom. The topological polar surface area (TPSA) is 84.0 Å². The second-order valence-corrected chi connectivity index (χ2v) is 5.57. The average molecular weight is 341 g/mol. The normalized spacial score (nSPS) is 12.1. The van der Waals surface area contributed by atoms with E-state index < -0.39 is 29.0 Å². The van der Waals surface area contributed by atoms with Crippen LogP contribution in [0.3, 0.4) is 0 Å². The Bertz CT molecular complexity index is 1040. The monoisotopic (exact) mass is 341 g/mol. The van der Waals surface area contributed by atoms with Gasteiger partial charge in [-0.3, -0.25) is 9.59 Å². The zero-order valence-corrected chi connectivity index (χ0v) is 13.5. The number of H-pyrrole nitrogens is 1. The highest BCUT2D eigenvalue weighted by molar-refractivity contribution is 5.93. The zero-order valence-electron chi connectivity index (χ0n) is 13.5. The number of fused-ring (bicyclic) bond motifs is 1. The lowest BCUT2D eigenvalue weighted by atomic mass is 10.1. The van der Waals surface area contributed by atoms with Gasteiger partial charge in [0, 0.05) is 5.69 Å². The highest BCUT2D eigenvalue weighted by Gasteiger charge is 2.23. The third-order valence-electron chi connectivity index (χ3n) is 3.95. The molecule has 1 amide bonds. The second kappa shape index (κ2) is 6.72. The molecule has 0 fully saturated rings. The van der Waals surface area contributed by atoms with Crippen molar-refractivity contribution < 1.29 is 9.18 Å². The molecule has 0 bridgehead atoms. The maximum Gasteiger partial charge on any atom is 0.329 e. The van der Waals surface area contributed by atoms with Crippen LogP contribution in [0.4, 0.5) is 10.1 Å². The number of halogens is 1. The number of benzene rings is 2. The Kier molecular flexibility index (Phi) is 4.47. The van der Waals surface area contributed by atoms with Crippen LogP contribution in [0.1, 0.15) is 19.4 Å². The summed E-state index contributed by atoms with van der Waals surface area (Å²) < 4.78 is 13.9. The molecular weight excluding hydrogens is 325 g/mol. The van der Waals surface area contributed by atoms with Crippen molar-refractivity contribution in [2.24, 2.45) is 0 Å². The Balaban J connectivity index is 2.02. The van der Waals surface area contributed by atoms with E-state index in [0.29, 0.717) is 16.6 Å². The summed E-state index contributed by atoms with van der Waals surface area (Å²) in [7, 11) is 0. The Morgan fingerprint density at radius 3 is 2.52 bits per heavy atom. The van der Waals surface area contributed by atoms with Crippen LogP contribution in [-0.2, 0) is 4.79 Å². The van der Waals surface area contributed by atoms with Crippen molar-refractivity contribution in [3.63, 3.8) is 0 Å². The van der Waals surface area contributed by atoms with Crippen molar-refractivity contribution in [1.82, 2.24) is 9.55 Å². The molecule has 0 saturated carbocycles. The predicted octanol–water partition coefficient (Wildman–Crippen LogP) is 2.42. The Hall–Kier alpha value is -3.22. The van der Waals surface area contributed by atoms with Gasteiger partial charge in [0.15, 0.2) is 0 Å². The molecule has 0 aliphatic carbocycles. The summed E-state index contributed by atoms with van der Waals surface area (Å²) in [6.07, 6.45) is 0.244. The first-order chi connectivity index (χ1) is 12.0. The van der Waals surface area contributed by atoms with Gasteiger partial charge in [-0.2, -0.15) is 0 Å². The van der Waals surface area contributed by atoms with Crippen molar-refractivity contribution in [2.75, 3.05) is 5.32 Å². The van der Waals surface area contributed by atoms with Crippen LogP contribution in [0.15, 0.2) is 58.1 Å². The van der Waals surface area contributed by atoms with Gasteiger partial charge in [0.2, 0.25) is 5.91 Å². The molecule has 1 aromatic heterocycles. The third kappa shape index (κ3) is 3.21. The zero-order chi connectivity index (χ0) is 18.0. The summed E-state index contributed by atoms with van der Waals surface area (Å²) in [5.41, 5.74) is -0.372. The summed E-state index contributed by atoms with van der Waals surface area (Å²) in [6, 6.07) is 10.9. The van der Waals surface area contributed by atoms with Crippen LogP contribution in [0.2, 0.25) is 0 Å². The van der Waals surface area contributed by atoms with Crippen molar-refractivity contribution in [1.29, 1.82) is 0 Å². The first-order valence-electron chi connectivity index (χ1n) is 7.81. The fourth-order valence-electron chi connectivity index (χ4n) is 2.70. The summed E-state index contributed by atoms with van der Waals surface area (Å²) >= 11 is 0. The van der Waals surface area contributed by atoms with Gasteiger partial charge in [-0.25, -0.2) is 13.8 Å². The molecule has 1 heterocycles. The molecular formula is C18H16FN3O3. The summed E-state index contributed by atoms with van der Waals surface area (Å²) in [4.78, 5) is 40.2. The molecule has 3 rings (SSSR count). The smallest absolute Gasteiger partial charge is 0.324 e. The van der Waals surface area contributed by atoms with Crippen LogP contribution < -0.4 is 16.6 Å². The maximum atomic E-state index is 13.0. The maximum absolute atomic E-state index is 13.0. The molecule has 2 N–H and O–H groups in total. The van der Waals surface area contributed by atoms with E-state index in [1.165, 1.54) is 24.3 Å². The van der Waals surface area contributed by atoms with E-state index >= 15 is 0 Å². The molecule has 128 valence electrons. The van der Waals surface area contributed by atoms with Gasteiger partial charge in [0.1, 0.15) is 11.9 Å². The molecule has 0 saturated heterocycles. The molecule has 3 aromatic rings. The number of carbonyl (C=O) groups is 1. The predicted molar refractivity (Wildman–Crippen MR) is 93.2 cm³/mol. The van der Waals surface area contributed by atoms with Gasteiger partial charge in [-0.15, -0.1) is 0 Å². The highest BCUT2D eigenvalue weighted by atomic mass is 19.1. The number of nitrogens with one attached hydrogen (secondary N) is 2. The van der Waals surface area contributed by atoms with E-state index in [9.17, 15) is 18.8 Å². The molecule has 0 spiro atoms. The molecule has 0 aliphatic rings. The fourth-order valence-corrected chi connectivity index (χ4v) is 2.70. The van der Waals surface area contributed by atoms with Gasteiger partial charge in [0.05, 0.1) is 10.9 Å². The molecule has 0 unspecified atom stereocenters. The van der Waals surface area contributed by atoms with Crippen molar-refractivity contribution >= 4 is 22.5 Å². The quantitative estimate of drug-likeness (QED) is 0.764. The van der Waals surface area contributed by atoms with E-state index in [-0.39, 0.29) is 6.42 Å². The fraction of sp³-hybridized carbons (Fsp3) is 0.167. The molecule has 1 atom stereocenters. The number of anilines is 1. The average Bonchev–Trinajstić information content (AvgIpc) is 2.60. The first kappa shape index (κ1) is 16.6. The third-order valence-corrected chi connectivity index (χ3v) is 3.95. The second-order valence-electron chi connectivity index (χ2n) is 5.57. The highest BCUT2D eigenvalue weighted by Crippen LogP contribution is 2.14. The lowest BCUT2D eigenvalue weighted by Gasteiger charge is -2.17. The summed E-state index contributed by atoms with van der Waals surface area (Å²) in [6.45, 7) is 1.70. The van der Waals surface area contributed by atoms with Crippen LogP contribution >= 0.6 is 0 Å². The SMILES string of the molecule is CC[C@@H](C(=O)Nc1ccc(F)cc1)n1c(=O)[nH]c2ccccc2c1=O. The van der Waals surface area contributed by atoms with Gasteiger partial charge in [-0.1, -0.05) is 19.1 Å². The number of hydrogen-bond acceptors (Lipinski definition) is 3. The minimum absolute atomic E-state index is 0.244. The minimum atomic E-state index is -0.981. The molecule has 6 nitrogen and oxygen atoms in total. The van der Waals surface area contributed by atoms with E-state index in [1.807, 2.05) is 0 Å². The lowest BCUT2D eigenvalue weighted by molar-refractivity contribution is -0.119. The van der Waals surface area contributed by atoms with Crippen molar-refractivity contribution in [3.05, 3.63) is 75.2 Å². The van der Waals surface area contributed by atoms with Crippen LogP contribution in [0, 0.1) is 5.82 Å². The molecule has 2 aromatic carbocycles. The van der Waals surface area contributed by atoms with E-state index in [4.69, 9.17) is 0 Å². The lowest BCUT2D eigenvalue weighted by Crippen LogP contribution is -2.42. The summed E-state index contributed by atoms with van der Waals surface area (Å²) in [5.74, 6) is -0.941. The van der Waals surface area contributed by atoms with Crippen LogP contribution in [-0.4, -0.2) is 15.5 Å². The van der Waals surface area contributed by atoms with Gasteiger partial charge in [-0.05, 0) is 42.8 Å². The van der Waals surface area contributed by atoms with Crippen LogP contribution in [0.25, 0.3) is 10.9 Å². The molecule has 7 heteroatoms. The molecule has 0 aliphatic heterocycles. The van der Waals surface area contributed by atoms with Gasteiger partial charge in [0.25, 0.3) is 5.56 Å². The van der Waals surface area contributed by atoms with Gasteiger partial charge < -0.3 is 10.3 Å². The number of amides is 1. The van der Waals surface area contributed by atoms with E-state index in [2.05, 4.69) is 10.3 Å². The van der Waals surface area contributed by atoms with E-state index in [1.54, 1.807) is 31.2 Å². The number of aromatic amines is 1. The largest absolute Gasteiger partial charge is 0.329 e. The number of para-hydroxylation sites is 1. The first-order valence-corrected chi connectivity index (χ1v) is 7.81. The van der Waals surface area contributed by atoms with Crippen molar-refractivity contribution in [3.8, 4) is 0 Å². The van der Waals surface area contributed by atoms with Crippen LogP contribution in [0.5, 0.6) is 0 Å². The minimum Gasteiger partial charge on any atom is -0.324 e. The number of aromatic nitrogens is 2.